The fourth-order valence-corrected chi connectivity index (χ4v) is 2.09. The quantitative estimate of drug-likeness (QED) is 0.786. The van der Waals surface area contributed by atoms with Crippen LogP contribution in [0.15, 0.2) is 41.7 Å². The highest BCUT2D eigenvalue weighted by molar-refractivity contribution is 7.89. The Kier molecular flexibility index (Phi) is 2.29. The monoisotopic (exact) mass is 223 g/mol. The van der Waals surface area contributed by atoms with E-state index in [1.807, 2.05) is 0 Å². The van der Waals surface area contributed by atoms with Gasteiger partial charge in [0.1, 0.15) is 0 Å². The maximum atomic E-state index is 11.3. The molecule has 0 saturated heterocycles. The van der Waals surface area contributed by atoms with Gasteiger partial charge in [0.15, 0.2) is 0 Å². The molecule has 0 aliphatic heterocycles. The van der Waals surface area contributed by atoms with Gasteiger partial charge in [-0.2, -0.15) is 0 Å². The number of rotatable bonds is 2. The molecule has 0 atom stereocenters. The number of hydrogen-bond acceptors (Lipinski definition) is 3. The minimum absolute atomic E-state index is 0.0919. The van der Waals surface area contributed by atoms with E-state index in [-0.39, 0.29) is 4.90 Å². The van der Waals surface area contributed by atoms with Crippen molar-refractivity contribution in [2.24, 2.45) is 5.14 Å². The second kappa shape index (κ2) is 3.48. The van der Waals surface area contributed by atoms with Crippen molar-refractivity contribution in [1.82, 2.24) is 9.97 Å². The fourth-order valence-electron chi connectivity index (χ4n) is 1.34. The van der Waals surface area contributed by atoms with E-state index in [0.29, 0.717) is 11.3 Å². The molecule has 6 heteroatoms. The van der Waals surface area contributed by atoms with Crippen molar-refractivity contribution in [3.05, 3.63) is 36.8 Å². The zero-order valence-corrected chi connectivity index (χ0v) is 8.53. The van der Waals surface area contributed by atoms with Gasteiger partial charge in [0.2, 0.25) is 10.0 Å². The number of hydrogen-bond donors (Lipinski definition) is 2. The molecule has 0 fully saturated rings. The Bertz CT molecular complexity index is 561. The molecule has 1 aromatic carbocycles. The molecule has 0 amide bonds. The molecular weight excluding hydrogens is 214 g/mol. The molecule has 1 heterocycles. The molecule has 0 aliphatic carbocycles. The molecule has 78 valence electrons. The normalized spacial score (nSPS) is 11.5. The zero-order valence-electron chi connectivity index (χ0n) is 7.71. The minimum Gasteiger partial charge on any atom is -0.345 e. The molecule has 2 rings (SSSR count). The van der Waals surface area contributed by atoms with Crippen LogP contribution in [0.3, 0.4) is 0 Å². The first-order chi connectivity index (χ1) is 7.09. The van der Waals surface area contributed by atoms with Gasteiger partial charge in [-0.1, -0.05) is 18.2 Å². The predicted molar refractivity (Wildman–Crippen MR) is 55.4 cm³/mol. The fraction of sp³-hybridized carbons (Fsp3) is 0. The van der Waals surface area contributed by atoms with Crippen LogP contribution in [0.2, 0.25) is 0 Å². The molecule has 0 bridgehead atoms. The number of nitrogens with zero attached hydrogens (tertiary/aromatic N) is 1. The average Bonchev–Trinajstić information content (AvgIpc) is 2.69. The molecule has 1 aromatic heterocycles. The Hall–Kier alpha value is -1.66. The van der Waals surface area contributed by atoms with E-state index >= 15 is 0 Å². The topological polar surface area (TPSA) is 88.8 Å². The lowest BCUT2D eigenvalue weighted by molar-refractivity contribution is 0.598. The number of aromatic nitrogens is 2. The summed E-state index contributed by atoms with van der Waals surface area (Å²) in [6.45, 7) is 0. The Labute approximate surface area is 87.0 Å². The molecule has 5 nitrogen and oxygen atoms in total. The number of nitrogens with one attached hydrogen (secondary N) is 1. The van der Waals surface area contributed by atoms with Gasteiger partial charge in [-0.15, -0.1) is 0 Å². The maximum Gasteiger partial charge on any atom is 0.238 e. The third-order valence-electron chi connectivity index (χ3n) is 1.98. The highest BCUT2D eigenvalue weighted by Crippen LogP contribution is 2.23. The molecule has 2 aromatic rings. The molecule has 0 aliphatic rings. The minimum atomic E-state index is -3.71. The van der Waals surface area contributed by atoms with E-state index in [2.05, 4.69) is 9.97 Å². The third kappa shape index (κ3) is 1.90. The summed E-state index contributed by atoms with van der Waals surface area (Å²) in [6, 6.07) is 6.50. The molecule has 3 N–H and O–H groups in total. The van der Waals surface area contributed by atoms with E-state index in [4.69, 9.17) is 5.14 Å². The summed E-state index contributed by atoms with van der Waals surface area (Å²) >= 11 is 0. The summed E-state index contributed by atoms with van der Waals surface area (Å²) in [4.78, 5) is 6.76. The number of H-pyrrole nitrogens is 1. The number of imidazole rings is 1. The molecule has 0 saturated carbocycles. The Morgan fingerprint density at radius 3 is 2.60 bits per heavy atom. The van der Waals surface area contributed by atoms with Crippen LogP contribution < -0.4 is 5.14 Å². The lowest BCUT2D eigenvalue weighted by Crippen LogP contribution is -2.13. The van der Waals surface area contributed by atoms with Crippen LogP contribution in [0.1, 0.15) is 0 Å². The number of benzene rings is 1. The van der Waals surface area contributed by atoms with Crippen LogP contribution in [0.4, 0.5) is 0 Å². The van der Waals surface area contributed by atoms with Crippen LogP contribution in [-0.4, -0.2) is 18.4 Å². The SMILES string of the molecule is NS(=O)(=O)c1ccccc1-c1cnc[nH]1. The largest absolute Gasteiger partial charge is 0.345 e. The van der Waals surface area contributed by atoms with E-state index < -0.39 is 10.0 Å². The highest BCUT2D eigenvalue weighted by Gasteiger charge is 2.14. The zero-order chi connectivity index (χ0) is 10.9. The summed E-state index contributed by atoms with van der Waals surface area (Å²) in [6.07, 6.45) is 3.03. The van der Waals surface area contributed by atoms with Crippen molar-refractivity contribution in [2.75, 3.05) is 0 Å². The first kappa shape index (κ1) is 9.88. The van der Waals surface area contributed by atoms with Gasteiger partial charge in [-0.3, -0.25) is 0 Å². The summed E-state index contributed by atoms with van der Waals surface area (Å²) in [5.74, 6) is 0. The molecule has 0 radical (unpaired) electrons. The maximum absolute atomic E-state index is 11.3. The highest BCUT2D eigenvalue weighted by atomic mass is 32.2. The van der Waals surface area contributed by atoms with Crippen LogP contribution in [0.5, 0.6) is 0 Å². The molecule has 0 unspecified atom stereocenters. The smallest absolute Gasteiger partial charge is 0.238 e. The van der Waals surface area contributed by atoms with Crippen molar-refractivity contribution in [1.29, 1.82) is 0 Å². The van der Waals surface area contributed by atoms with Crippen molar-refractivity contribution < 1.29 is 8.42 Å². The average molecular weight is 223 g/mol. The van der Waals surface area contributed by atoms with Gasteiger partial charge in [0, 0.05) is 5.56 Å². The molecule has 0 spiro atoms. The van der Waals surface area contributed by atoms with E-state index in [1.165, 1.54) is 12.4 Å². The second-order valence-electron chi connectivity index (χ2n) is 3.01. The Morgan fingerprint density at radius 2 is 2.00 bits per heavy atom. The summed E-state index contributed by atoms with van der Waals surface area (Å²) in [7, 11) is -3.71. The molecular formula is C9H9N3O2S. The van der Waals surface area contributed by atoms with E-state index in [1.54, 1.807) is 24.4 Å². The summed E-state index contributed by atoms with van der Waals surface area (Å²) < 4.78 is 22.6. The summed E-state index contributed by atoms with van der Waals surface area (Å²) in [5.41, 5.74) is 1.15. The van der Waals surface area contributed by atoms with E-state index in [9.17, 15) is 8.42 Å². The lowest BCUT2D eigenvalue weighted by atomic mass is 10.2. The van der Waals surface area contributed by atoms with Crippen molar-refractivity contribution in [3.63, 3.8) is 0 Å². The number of aromatic amines is 1. The van der Waals surface area contributed by atoms with Crippen molar-refractivity contribution in [3.8, 4) is 11.3 Å². The lowest BCUT2D eigenvalue weighted by Gasteiger charge is -2.04. The number of primary sulfonamides is 1. The number of nitrogens with two attached hydrogens (primary N) is 1. The van der Waals surface area contributed by atoms with Crippen LogP contribution in [-0.2, 0) is 10.0 Å². The van der Waals surface area contributed by atoms with Crippen molar-refractivity contribution >= 4 is 10.0 Å². The van der Waals surface area contributed by atoms with Gasteiger partial charge in [-0.25, -0.2) is 18.5 Å². The van der Waals surface area contributed by atoms with Gasteiger partial charge in [-0.05, 0) is 6.07 Å². The Morgan fingerprint density at radius 1 is 1.27 bits per heavy atom. The predicted octanol–water partition coefficient (Wildman–Crippen LogP) is 0.724. The standard InChI is InChI=1S/C9H9N3O2S/c10-15(13,14)9-4-2-1-3-7(9)8-5-11-6-12-8/h1-6H,(H,11,12)(H2,10,13,14). The number of sulfonamides is 1. The molecule has 15 heavy (non-hydrogen) atoms. The Balaban J connectivity index is 2.68. The van der Waals surface area contributed by atoms with Gasteiger partial charge in [0.25, 0.3) is 0 Å². The van der Waals surface area contributed by atoms with Gasteiger partial charge >= 0.3 is 0 Å². The van der Waals surface area contributed by atoms with Gasteiger partial charge < -0.3 is 4.98 Å². The van der Waals surface area contributed by atoms with Crippen molar-refractivity contribution in [2.45, 2.75) is 4.90 Å². The first-order valence-corrected chi connectivity index (χ1v) is 5.74. The van der Waals surface area contributed by atoms with Gasteiger partial charge in [0.05, 0.1) is 23.1 Å². The summed E-state index contributed by atoms with van der Waals surface area (Å²) in [5, 5.41) is 5.10. The van der Waals surface area contributed by atoms with Crippen LogP contribution in [0, 0.1) is 0 Å². The van der Waals surface area contributed by atoms with E-state index in [0.717, 1.165) is 0 Å². The first-order valence-electron chi connectivity index (χ1n) is 4.19. The second-order valence-corrected chi connectivity index (χ2v) is 4.54. The van der Waals surface area contributed by atoms with Crippen LogP contribution >= 0.6 is 0 Å². The van der Waals surface area contributed by atoms with Crippen LogP contribution in [0.25, 0.3) is 11.3 Å². The third-order valence-corrected chi connectivity index (χ3v) is 2.95.